The Hall–Kier alpha value is -0.370. The minimum absolute atomic E-state index is 0.0231. The number of carbonyl (C=O) groups excluding carboxylic acids is 1. The smallest absolute Gasteiger partial charge is 0.137 e. The Morgan fingerprint density at radius 1 is 1.30 bits per heavy atom. The highest BCUT2D eigenvalue weighted by Crippen LogP contribution is 1.95. The van der Waals surface area contributed by atoms with Gasteiger partial charge < -0.3 is 10.1 Å². The summed E-state index contributed by atoms with van der Waals surface area (Å²) in [5, 5.41) is 2.88. The lowest BCUT2D eigenvalue weighted by Crippen LogP contribution is -2.31. The van der Waals surface area contributed by atoms with Crippen LogP contribution in [-0.4, -0.2) is 19.4 Å². The molecule has 2 nitrogen and oxygen atoms in total. The first kappa shape index (κ1) is 12.3. The number of hydrogen-bond acceptors (Lipinski definition) is 2. The summed E-state index contributed by atoms with van der Waals surface area (Å²) in [6.07, 6.45) is 0.935. The molecule has 0 aliphatic rings. The lowest BCUT2D eigenvalue weighted by atomic mass is 10.1. The van der Waals surface area contributed by atoms with Crippen LogP contribution in [0.15, 0.2) is 0 Å². The fourth-order valence-corrected chi connectivity index (χ4v) is 0.559. The summed E-state index contributed by atoms with van der Waals surface area (Å²) in [5.74, 6) is 0.400. The van der Waals surface area contributed by atoms with Crippen molar-refractivity contribution in [1.29, 1.82) is 0 Å². The zero-order chi connectivity index (χ0) is 8.57. The van der Waals surface area contributed by atoms with E-state index in [1.165, 1.54) is 0 Å². The Morgan fingerprint density at radius 2 is 1.70 bits per heavy atom. The molecule has 0 spiro atoms. The molecule has 1 N–H and O–H groups in total. The lowest BCUT2D eigenvalue weighted by Gasteiger charge is -2.11. The van der Waals surface area contributed by atoms with E-state index in [9.17, 15) is 4.79 Å². The van der Waals surface area contributed by atoms with Crippen molar-refractivity contribution in [3.05, 3.63) is 0 Å². The van der Waals surface area contributed by atoms with Crippen molar-refractivity contribution in [3.63, 3.8) is 0 Å². The molecule has 1 unspecified atom stereocenters. The van der Waals surface area contributed by atoms with E-state index in [2.05, 4.69) is 5.32 Å². The van der Waals surface area contributed by atoms with Gasteiger partial charge in [-0.15, -0.1) is 0 Å². The fraction of sp³-hybridized carbons (Fsp3) is 0.875. The second-order valence-electron chi connectivity index (χ2n) is 2.19. The van der Waals surface area contributed by atoms with E-state index < -0.39 is 0 Å². The van der Waals surface area contributed by atoms with Crippen LogP contribution < -0.4 is 5.32 Å². The van der Waals surface area contributed by atoms with Crippen molar-refractivity contribution < 1.29 is 4.79 Å². The molecule has 0 saturated carbocycles. The fourth-order valence-electron chi connectivity index (χ4n) is 0.559. The third kappa shape index (κ3) is 5.76. The predicted molar refractivity (Wildman–Crippen MR) is 45.1 cm³/mol. The second kappa shape index (κ2) is 8.63. The quantitative estimate of drug-likeness (QED) is 0.609. The molecule has 0 aliphatic carbocycles. The minimum Gasteiger partial charge on any atom is -0.311 e. The van der Waals surface area contributed by atoms with Crippen LogP contribution in [0.4, 0.5) is 0 Å². The van der Waals surface area contributed by atoms with Crippen LogP contribution in [0, 0.1) is 5.92 Å². The van der Waals surface area contributed by atoms with Crippen LogP contribution in [0.2, 0.25) is 0 Å². The maximum atomic E-state index is 10.1. The van der Waals surface area contributed by atoms with E-state index in [4.69, 9.17) is 0 Å². The van der Waals surface area contributed by atoms with Gasteiger partial charge in [0.05, 0.1) is 6.04 Å². The van der Waals surface area contributed by atoms with Gasteiger partial charge in [0.2, 0.25) is 0 Å². The average molecular weight is 145 g/mol. The van der Waals surface area contributed by atoms with Crippen LogP contribution in [-0.2, 0) is 4.79 Å². The van der Waals surface area contributed by atoms with Gasteiger partial charge in [-0.05, 0) is 13.0 Å². The molecule has 0 aromatic carbocycles. The van der Waals surface area contributed by atoms with Gasteiger partial charge in [0.15, 0.2) is 0 Å². The number of likely N-dealkylation sites (N-methyl/N-ethyl adjacent to an activating group) is 1. The maximum absolute atomic E-state index is 10.1. The van der Waals surface area contributed by atoms with Crippen LogP contribution in [0.25, 0.3) is 0 Å². The molecule has 0 rings (SSSR count). The maximum Gasteiger partial charge on any atom is 0.137 e. The summed E-state index contributed by atoms with van der Waals surface area (Å²) in [5.41, 5.74) is 0. The topological polar surface area (TPSA) is 29.1 Å². The first-order valence-electron chi connectivity index (χ1n) is 3.85. The van der Waals surface area contributed by atoms with Crippen molar-refractivity contribution in [1.82, 2.24) is 5.32 Å². The largest absolute Gasteiger partial charge is 0.311 e. The van der Waals surface area contributed by atoms with E-state index in [1.54, 1.807) is 7.05 Å². The second-order valence-corrected chi connectivity index (χ2v) is 2.19. The average Bonchev–Trinajstić information content (AvgIpc) is 1.94. The van der Waals surface area contributed by atoms with Gasteiger partial charge >= 0.3 is 0 Å². The number of carbonyl (C=O) groups is 1. The summed E-state index contributed by atoms with van der Waals surface area (Å²) >= 11 is 0. The first-order chi connectivity index (χ1) is 4.72. The monoisotopic (exact) mass is 145 g/mol. The van der Waals surface area contributed by atoms with Crippen molar-refractivity contribution in [2.45, 2.75) is 33.7 Å². The zero-order valence-corrected chi connectivity index (χ0v) is 7.64. The number of rotatable bonds is 3. The zero-order valence-electron chi connectivity index (χ0n) is 7.64. The highest BCUT2D eigenvalue weighted by Gasteiger charge is 2.06. The normalized spacial score (nSPS) is 11.8. The third-order valence-electron chi connectivity index (χ3n) is 1.20. The molecule has 0 heterocycles. The number of hydrogen-bond donors (Lipinski definition) is 1. The summed E-state index contributed by atoms with van der Waals surface area (Å²) in [6.45, 7) is 8.02. The van der Waals surface area contributed by atoms with Gasteiger partial charge in [-0.3, -0.25) is 0 Å². The first-order valence-corrected chi connectivity index (χ1v) is 3.85. The van der Waals surface area contributed by atoms with Crippen molar-refractivity contribution in [2.75, 3.05) is 7.05 Å². The van der Waals surface area contributed by atoms with Gasteiger partial charge in [0.25, 0.3) is 0 Å². The summed E-state index contributed by atoms with van der Waals surface area (Å²) in [6, 6.07) is 0.0231. The van der Waals surface area contributed by atoms with E-state index in [0.717, 1.165) is 6.29 Å². The Labute approximate surface area is 64.0 Å². The van der Waals surface area contributed by atoms with Gasteiger partial charge in [-0.1, -0.05) is 27.7 Å². The van der Waals surface area contributed by atoms with Crippen molar-refractivity contribution in [2.24, 2.45) is 5.92 Å². The predicted octanol–water partition coefficient (Wildman–Crippen LogP) is 1.46. The third-order valence-corrected chi connectivity index (χ3v) is 1.20. The van der Waals surface area contributed by atoms with E-state index in [1.807, 2.05) is 27.7 Å². The van der Waals surface area contributed by atoms with Crippen molar-refractivity contribution in [3.8, 4) is 0 Å². The Balaban J connectivity index is 0. The molecule has 0 amide bonds. The highest BCUT2D eigenvalue weighted by atomic mass is 16.1. The molecule has 0 aromatic rings. The van der Waals surface area contributed by atoms with Crippen LogP contribution in [0.5, 0.6) is 0 Å². The van der Waals surface area contributed by atoms with E-state index >= 15 is 0 Å². The molecular weight excluding hydrogens is 126 g/mol. The summed E-state index contributed by atoms with van der Waals surface area (Å²) in [7, 11) is 1.79. The summed E-state index contributed by atoms with van der Waals surface area (Å²) in [4.78, 5) is 10.1. The number of nitrogens with one attached hydrogen (secondary N) is 1. The molecule has 0 bridgehead atoms. The highest BCUT2D eigenvalue weighted by molar-refractivity contribution is 5.57. The Bertz CT molecular complexity index is 71.7. The molecule has 1 atom stereocenters. The molecule has 0 radical (unpaired) electrons. The SMILES string of the molecule is CC.CNC(C=O)C(C)C. The van der Waals surface area contributed by atoms with E-state index in [-0.39, 0.29) is 6.04 Å². The Kier molecular flexibility index (Phi) is 10.6. The van der Waals surface area contributed by atoms with Gasteiger partial charge in [0.1, 0.15) is 6.29 Å². The van der Waals surface area contributed by atoms with Gasteiger partial charge in [-0.2, -0.15) is 0 Å². The molecule has 0 saturated heterocycles. The lowest BCUT2D eigenvalue weighted by molar-refractivity contribution is -0.110. The van der Waals surface area contributed by atoms with Crippen LogP contribution in [0.3, 0.4) is 0 Å². The Morgan fingerprint density at radius 3 is 1.70 bits per heavy atom. The number of aldehydes is 1. The minimum atomic E-state index is 0.0231. The van der Waals surface area contributed by atoms with Crippen LogP contribution in [0.1, 0.15) is 27.7 Å². The molecule has 2 heteroatoms. The molecule has 10 heavy (non-hydrogen) atoms. The molecule has 0 aromatic heterocycles. The molecule has 0 aliphatic heterocycles. The van der Waals surface area contributed by atoms with Crippen molar-refractivity contribution >= 4 is 6.29 Å². The molecular formula is C8H19NO. The van der Waals surface area contributed by atoms with Gasteiger partial charge in [-0.25, -0.2) is 0 Å². The summed E-state index contributed by atoms with van der Waals surface area (Å²) < 4.78 is 0. The molecule has 0 fully saturated rings. The molecule has 62 valence electrons. The standard InChI is InChI=1S/C6H13NO.C2H6/c1-5(2)6(4-8)7-3;1-2/h4-7H,1-3H3;1-2H3. The van der Waals surface area contributed by atoms with E-state index in [0.29, 0.717) is 5.92 Å². The van der Waals surface area contributed by atoms with Gasteiger partial charge in [0, 0.05) is 0 Å². The van der Waals surface area contributed by atoms with Crippen LogP contribution >= 0.6 is 0 Å².